The summed E-state index contributed by atoms with van der Waals surface area (Å²) >= 11 is 0. The van der Waals surface area contributed by atoms with Crippen LogP contribution < -0.4 is 15.4 Å². The zero-order valence-electron chi connectivity index (χ0n) is 15.9. The molecule has 2 saturated heterocycles. The molecule has 8 heteroatoms. The lowest BCUT2D eigenvalue weighted by Gasteiger charge is -2.39. The summed E-state index contributed by atoms with van der Waals surface area (Å²) in [7, 11) is 0. The average molecular weight is 391 g/mol. The van der Waals surface area contributed by atoms with Crippen molar-refractivity contribution in [1.82, 2.24) is 9.97 Å². The van der Waals surface area contributed by atoms with Crippen LogP contribution in [0.25, 0.3) is 0 Å². The molecule has 5 rings (SSSR count). The second kappa shape index (κ2) is 6.62. The molecule has 1 aromatic carbocycles. The topological polar surface area (TPSA) is 102 Å². The van der Waals surface area contributed by atoms with Crippen LogP contribution in [0.3, 0.4) is 0 Å². The number of aromatic nitrogens is 2. The second-order valence-electron chi connectivity index (χ2n) is 8.09. The van der Waals surface area contributed by atoms with Gasteiger partial charge in [0.2, 0.25) is 5.69 Å². The predicted octanol–water partition coefficient (Wildman–Crippen LogP) is 2.51. The van der Waals surface area contributed by atoms with Crippen LogP contribution in [-0.4, -0.2) is 41.3 Å². The van der Waals surface area contributed by atoms with Crippen LogP contribution in [0.2, 0.25) is 0 Å². The summed E-state index contributed by atoms with van der Waals surface area (Å²) in [6.45, 7) is 1.66. The fourth-order valence-corrected chi connectivity index (χ4v) is 4.31. The van der Waals surface area contributed by atoms with Gasteiger partial charge in [0.15, 0.2) is 0 Å². The van der Waals surface area contributed by atoms with E-state index in [-0.39, 0.29) is 11.8 Å². The van der Waals surface area contributed by atoms with Gasteiger partial charge in [-0.05, 0) is 49.3 Å². The third-order valence-corrected chi connectivity index (χ3v) is 5.98. The molecule has 1 unspecified atom stereocenters. The minimum Gasteiger partial charge on any atom is -0.439 e. The Morgan fingerprint density at radius 2 is 2.00 bits per heavy atom. The lowest BCUT2D eigenvalue weighted by Crippen LogP contribution is -2.51. The fraction of sp³-hybridized carbons (Fsp3) is 0.429. The molecule has 1 atom stereocenters. The summed E-state index contributed by atoms with van der Waals surface area (Å²) in [4.78, 5) is 34.9. The highest BCUT2D eigenvalue weighted by Gasteiger charge is 2.48. The van der Waals surface area contributed by atoms with Crippen LogP contribution in [0, 0.1) is 11.3 Å². The Morgan fingerprint density at radius 1 is 1.21 bits per heavy atom. The molecule has 1 aromatic heterocycles. The van der Waals surface area contributed by atoms with Gasteiger partial charge in [0.1, 0.15) is 17.5 Å². The SMILES string of the molecule is N#Cc1ncc(N2CCCC3(C2)CN(c2ccc(C4CC4)cc2)C(=O)O3)[nH]c1=O. The molecular weight excluding hydrogens is 370 g/mol. The van der Waals surface area contributed by atoms with Crippen molar-refractivity contribution in [2.75, 3.05) is 29.4 Å². The number of amides is 1. The fourth-order valence-electron chi connectivity index (χ4n) is 4.31. The number of rotatable bonds is 3. The first-order valence-electron chi connectivity index (χ1n) is 9.92. The van der Waals surface area contributed by atoms with Gasteiger partial charge in [-0.3, -0.25) is 9.69 Å². The van der Waals surface area contributed by atoms with E-state index < -0.39 is 11.2 Å². The Hall–Kier alpha value is -3.34. The molecule has 0 bridgehead atoms. The summed E-state index contributed by atoms with van der Waals surface area (Å²) < 4.78 is 5.85. The van der Waals surface area contributed by atoms with E-state index in [1.807, 2.05) is 17.0 Å². The number of H-pyrrole nitrogens is 1. The van der Waals surface area contributed by atoms with E-state index in [0.717, 1.165) is 25.1 Å². The van der Waals surface area contributed by atoms with Crippen molar-refractivity contribution in [1.29, 1.82) is 5.26 Å². The normalized spacial score (nSPS) is 23.9. The zero-order valence-corrected chi connectivity index (χ0v) is 15.9. The number of benzene rings is 1. The monoisotopic (exact) mass is 391 g/mol. The molecule has 0 radical (unpaired) electrons. The average Bonchev–Trinajstić information content (AvgIpc) is 3.53. The van der Waals surface area contributed by atoms with Crippen LogP contribution in [0.4, 0.5) is 16.3 Å². The summed E-state index contributed by atoms with van der Waals surface area (Å²) in [6.07, 6.45) is 5.23. The number of anilines is 2. The third-order valence-electron chi connectivity index (χ3n) is 5.98. The molecule has 1 saturated carbocycles. The van der Waals surface area contributed by atoms with Crippen molar-refractivity contribution in [3.63, 3.8) is 0 Å². The maximum atomic E-state index is 12.6. The number of nitrogens with zero attached hydrogens (tertiary/aromatic N) is 4. The zero-order chi connectivity index (χ0) is 20.0. The first-order valence-corrected chi connectivity index (χ1v) is 9.92. The van der Waals surface area contributed by atoms with Gasteiger partial charge in [0, 0.05) is 12.2 Å². The van der Waals surface area contributed by atoms with Gasteiger partial charge < -0.3 is 14.6 Å². The van der Waals surface area contributed by atoms with Crippen LogP contribution in [0.1, 0.15) is 42.9 Å². The molecule has 1 spiro atoms. The largest absolute Gasteiger partial charge is 0.439 e. The third kappa shape index (κ3) is 3.23. The predicted molar refractivity (Wildman–Crippen MR) is 106 cm³/mol. The maximum absolute atomic E-state index is 12.6. The van der Waals surface area contributed by atoms with E-state index in [1.54, 1.807) is 11.0 Å². The van der Waals surface area contributed by atoms with Crippen LogP contribution >= 0.6 is 0 Å². The van der Waals surface area contributed by atoms with Gasteiger partial charge in [-0.15, -0.1) is 0 Å². The lowest BCUT2D eigenvalue weighted by molar-refractivity contribution is 0.0445. The highest BCUT2D eigenvalue weighted by Crippen LogP contribution is 2.41. The van der Waals surface area contributed by atoms with Crippen LogP contribution in [0.15, 0.2) is 35.3 Å². The number of piperidine rings is 1. The van der Waals surface area contributed by atoms with Crippen molar-refractivity contribution < 1.29 is 9.53 Å². The first-order chi connectivity index (χ1) is 14.1. The number of nitrogens with one attached hydrogen (secondary N) is 1. The first kappa shape index (κ1) is 17.7. The number of hydrogen-bond acceptors (Lipinski definition) is 6. The Balaban J connectivity index is 1.35. The summed E-state index contributed by atoms with van der Waals surface area (Å²) in [5.41, 5.74) is 0.882. The van der Waals surface area contributed by atoms with Crippen molar-refractivity contribution in [3.05, 3.63) is 52.1 Å². The smallest absolute Gasteiger partial charge is 0.415 e. The Labute approximate surface area is 167 Å². The number of carbonyl (C=O) groups excluding carboxylic acids is 1. The number of hydrogen-bond donors (Lipinski definition) is 1. The van der Waals surface area contributed by atoms with E-state index in [0.29, 0.717) is 24.8 Å². The van der Waals surface area contributed by atoms with E-state index in [2.05, 4.69) is 22.1 Å². The van der Waals surface area contributed by atoms with E-state index in [9.17, 15) is 9.59 Å². The highest BCUT2D eigenvalue weighted by atomic mass is 16.6. The number of carbonyl (C=O) groups is 1. The summed E-state index contributed by atoms with van der Waals surface area (Å²) in [5, 5.41) is 8.90. The molecule has 2 aromatic rings. The minimum atomic E-state index is -0.630. The molecule has 1 N–H and O–H groups in total. The van der Waals surface area contributed by atoms with Crippen molar-refractivity contribution in [2.24, 2.45) is 0 Å². The Kier molecular flexibility index (Phi) is 4.05. The van der Waals surface area contributed by atoms with Crippen molar-refractivity contribution in [2.45, 2.75) is 37.2 Å². The van der Waals surface area contributed by atoms with Gasteiger partial charge in [-0.2, -0.15) is 5.26 Å². The molecule has 3 fully saturated rings. The van der Waals surface area contributed by atoms with Gasteiger partial charge in [-0.25, -0.2) is 9.78 Å². The molecule has 3 heterocycles. The molecule has 1 aliphatic carbocycles. The molecular formula is C21H21N5O3. The van der Waals surface area contributed by atoms with Crippen LogP contribution in [-0.2, 0) is 4.74 Å². The van der Waals surface area contributed by atoms with E-state index >= 15 is 0 Å². The van der Waals surface area contributed by atoms with Crippen LogP contribution in [0.5, 0.6) is 0 Å². The molecule has 3 aliphatic rings. The summed E-state index contributed by atoms with van der Waals surface area (Å²) in [6, 6.07) is 9.97. The maximum Gasteiger partial charge on any atom is 0.415 e. The van der Waals surface area contributed by atoms with Gasteiger partial charge in [0.25, 0.3) is 5.56 Å². The standard InChI is InChI=1S/C21H21N5O3/c22-10-17-19(27)24-18(11-23-17)25-9-1-8-21(12-25)13-26(20(28)29-21)16-6-4-15(5-7-16)14-2-3-14/h4-7,11,14H,1-3,8-9,12-13H2,(H,24,27). The van der Waals surface area contributed by atoms with E-state index in [4.69, 9.17) is 10.00 Å². The molecule has 2 aliphatic heterocycles. The molecule has 148 valence electrons. The second-order valence-corrected chi connectivity index (χ2v) is 8.09. The molecule has 8 nitrogen and oxygen atoms in total. The minimum absolute atomic E-state index is 0.159. The highest BCUT2D eigenvalue weighted by molar-refractivity contribution is 5.90. The van der Waals surface area contributed by atoms with Gasteiger partial charge in [-0.1, -0.05) is 12.1 Å². The van der Waals surface area contributed by atoms with Crippen molar-refractivity contribution in [3.8, 4) is 6.07 Å². The number of ether oxygens (including phenoxy) is 1. The number of aromatic amines is 1. The lowest BCUT2D eigenvalue weighted by atomic mass is 9.92. The van der Waals surface area contributed by atoms with Crippen molar-refractivity contribution >= 4 is 17.6 Å². The van der Waals surface area contributed by atoms with E-state index in [1.165, 1.54) is 24.6 Å². The van der Waals surface area contributed by atoms with Gasteiger partial charge >= 0.3 is 6.09 Å². The summed E-state index contributed by atoms with van der Waals surface area (Å²) in [5.74, 6) is 1.22. The van der Waals surface area contributed by atoms with Gasteiger partial charge in [0.05, 0.1) is 19.3 Å². The molecule has 1 amide bonds. The Morgan fingerprint density at radius 3 is 2.69 bits per heavy atom. The Bertz CT molecular complexity index is 1050. The molecule has 29 heavy (non-hydrogen) atoms. The number of nitriles is 1. The quantitative estimate of drug-likeness (QED) is 0.862.